The van der Waals surface area contributed by atoms with Crippen LogP contribution in [0, 0.1) is 5.92 Å². The van der Waals surface area contributed by atoms with E-state index < -0.39 is 6.36 Å². The van der Waals surface area contributed by atoms with Crippen molar-refractivity contribution < 1.29 is 28.0 Å². The first kappa shape index (κ1) is 19.8. The number of nitrogens with two attached hydrogens (primary N) is 1. The second-order valence-electron chi connectivity index (χ2n) is 6.24. The summed E-state index contributed by atoms with van der Waals surface area (Å²) in [7, 11) is 0. The lowest BCUT2D eigenvalue weighted by Crippen LogP contribution is -2.88. The van der Waals surface area contributed by atoms with E-state index in [-0.39, 0.29) is 24.2 Å². The molecule has 0 aliphatic rings. The van der Waals surface area contributed by atoms with E-state index in [0.717, 1.165) is 17.7 Å². The first-order valence-electron chi connectivity index (χ1n) is 8.28. The molecule has 0 spiro atoms. The van der Waals surface area contributed by atoms with Crippen molar-refractivity contribution in [2.24, 2.45) is 5.92 Å². The lowest BCUT2D eigenvalue weighted by Gasteiger charge is -2.19. The molecule has 2 rings (SSSR count). The molecule has 2 aromatic rings. The molecule has 0 aromatic heterocycles. The standard InChI is InChI=1S/C19H21F3N2O2/c1-13(2)18(14-6-4-3-5-7-14)23-12-17(25)24-15-8-10-16(11-9-15)26-19(20,21)22/h3-11,13,18,23H,12H2,1-2H3,(H,24,25)/p+1/t18-/m0/s1. The Labute approximate surface area is 150 Å². The van der Waals surface area contributed by atoms with E-state index in [1.165, 1.54) is 12.1 Å². The monoisotopic (exact) mass is 367 g/mol. The van der Waals surface area contributed by atoms with Crippen LogP contribution in [0.1, 0.15) is 25.5 Å². The molecule has 4 nitrogen and oxygen atoms in total. The molecule has 0 fully saturated rings. The highest BCUT2D eigenvalue weighted by atomic mass is 19.4. The smallest absolute Gasteiger partial charge is 0.406 e. The number of ether oxygens (including phenoxy) is 1. The SMILES string of the molecule is CC(C)[C@H]([NH2+]CC(=O)Nc1ccc(OC(F)(F)F)cc1)c1ccccc1. The normalized spacial score (nSPS) is 12.7. The summed E-state index contributed by atoms with van der Waals surface area (Å²) >= 11 is 0. The molecular formula is C19H22F3N2O2+. The summed E-state index contributed by atoms with van der Waals surface area (Å²) in [5.74, 6) is -0.217. The van der Waals surface area contributed by atoms with E-state index in [1.54, 1.807) is 0 Å². The van der Waals surface area contributed by atoms with Crippen LogP contribution in [0.3, 0.4) is 0 Å². The molecule has 0 saturated heterocycles. The van der Waals surface area contributed by atoms with Crippen LogP contribution < -0.4 is 15.4 Å². The van der Waals surface area contributed by atoms with E-state index in [1.807, 2.05) is 35.6 Å². The van der Waals surface area contributed by atoms with Gasteiger partial charge in [0.05, 0.1) is 0 Å². The van der Waals surface area contributed by atoms with Crippen molar-refractivity contribution in [2.45, 2.75) is 26.3 Å². The summed E-state index contributed by atoms with van der Waals surface area (Å²) < 4.78 is 40.2. The van der Waals surface area contributed by atoms with Gasteiger partial charge >= 0.3 is 6.36 Å². The second-order valence-corrected chi connectivity index (χ2v) is 6.24. The number of nitrogens with one attached hydrogen (secondary N) is 1. The molecule has 0 aliphatic heterocycles. The number of anilines is 1. The number of amides is 1. The molecule has 0 radical (unpaired) electrons. The third-order valence-electron chi connectivity index (χ3n) is 3.83. The average molecular weight is 367 g/mol. The Morgan fingerprint density at radius 1 is 1.08 bits per heavy atom. The maximum Gasteiger partial charge on any atom is 0.573 e. The minimum absolute atomic E-state index is 0.143. The van der Waals surface area contributed by atoms with Crippen molar-refractivity contribution in [3.8, 4) is 5.75 Å². The highest BCUT2D eigenvalue weighted by molar-refractivity contribution is 5.91. The van der Waals surface area contributed by atoms with Gasteiger partial charge in [-0.15, -0.1) is 13.2 Å². The topological polar surface area (TPSA) is 54.9 Å². The predicted octanol–water partition coefficient (Wildman–Crippen LogP) is 3.48. The third-order valence-corrected chi connectivity index (χ3v) is 3.83. The molecule has 140 valence electrons. The highest BCUT2D eigenvalue weighted by Gasteiger charge is 2.31. The van der Waals surface area contributed by atoms with Crippen LogP contribution in [-0.4, -0.2) is 18.8 Å². The Hall–Kier alpha value is -2.54. The summed E-state index contributed by atoms with van der Waals surface area (Å²) in [6, 6.07) is 15.1. The molecule has 0 heterocycles. The predicted molar refractivity (Wildman–Crippen MR) is 92.6 cm³/mol. The fourth-order valence-electron chi connectivity index (χ4n) is 2.65. The number of quaternary nitrogens is 1. The Morgan fingerprint density at radius 3 is 2.23 bits per heavy atom. The first-order valence-corrected chi connectivity index (χ1v) is 8.28. The van der Waals surface area contributed by atoms with Crippen LogP contribution in [0.15, 0.2) is 54.6 Å². The Kier molecular flexibility index (Phi) is 6.63. The van der Waals surface area contributed by atoms with Crippen molar-refractivity contribution in [1.29, 1.82) is 0 Å². The van der Waals surface area contributed by atoms with E-state index in [4.69, 9.17) is 0 Å². The van der Waals surface area contributed by atoms with Crippen LogP contribution in [0.4, 0.5) is 18.9 Å². The van der Waals surface area contributed by atoms with Gasteiger partial charge in [-0.05, 0) is 24.3 Å². The summed E-state index contributed by atoms with van der Waals surface area (Å²) in [4.78, 5) is 12.1. The van der Waals surface area contributed by atoms with Gasteiger partial charge in [0, 0.05) is 17.2 Å². The summed E-state index contributed by atoms with van der Waals surface area (Å²) in [6.07, 6.45) is -4.73. The molecule has 2 aromatic carbocycles. The van der Waals surface area contributed by atoms with Crippen LogP contribution in [0.5, 0.6) is 5.75 Å². The van der Waals surface area contributed by atoms with Crippen LogP contribution in [0.25, 0.3) is 0 Å². The molecular weight excluding hydrogens is 345 g/mol. The molecule has 0 saturated carbocycles. The van der Waals surface area contributed by atoms with Crippen molar-refractivity contribution in [1.82, 2.24) is 0 Å². The Balaban J connectivity index is 1.89. The zero-order valence-electron chi connectivity index (χ0n) is 14.6. The number of carbonyl (C=O) groups is 1. The van der Waals surface area contributed by atoms with Crippen LogP contribution >= 0.6 is 0 Å². The number of hydrogen-bond donors (Lipinski definition) is 2. The Morgan fingerprint density at radius 2 is 1.69 bits per heavy atom. The first-order chi connectivity index (χ1) is 12.2. The lowest BCUT2D eigenvalue weighted by atomic mass is 9.96. The maximum atomic E-state index is 12.1. The number of hydrogen-bond acceptors (Lipinski definition) is 2. The Bertz CT molecular complexity index is 701. The van der Waals surface area contributed by atoms with Gasteiger partial charge in [-0.25, -0.2) is 0 Å². The number of halogens is 3. The van der Waals surface area contributed by atoms with E-state index in [9.17, 15) is 18.0 Å². The minimum Gasteiger partial charge on any atom is -0.406 e. The van der Waals surface area contributed by atoms with Crippen molar-refractivity contribution in [3.05, 3.63) is 60.2 Å². The molecule has 7 heteroatoms. The minimum atomic E-state index is -4.73. The van der Waals surface area contributed by atoms with Crippen LogP contribution in [-0.2, 0) is 4.79 Å². The fourth-order valence-corrected chi connectivity index (χ4v) is 2.65. The van der Waals surface area contributed by atoms with Crippen molar-refractivity contribution in [2.75, 3.05) is 11.9 Å². The van der Waals surface area contributed by atoms with Crippen molar-refractivity contribution in [3.63, 3.8) is 0 Å². The molecule has 3 N–H and O–H groups in total. The molecule has 0 unspecified atom stereocenters. The van der Waals surface area contributed by atoms with E-state index >= 15 is 0 Å². The summed E-state index contributed by atoms with van der Waals surface area (Å²) in [5, 5.41) is 4.63. The summed E-state index contributed by atoms with van der Waals surface area (Å²) in [5.41, 5.74) is 1.56. The third kappa shape index (κ3) is 6.40. The van der Waals surface area contributed by atoms with Gasteiger partial charge < -0.3 is 15.4 Å². The van der Waals surface area contributed by atoms with Gasteiger partial charge in [0.25, 0.3) is 5.91 Å². The summed E-state index contributed by atoms with van der Waals surface area (Å²) in [6.45, 7) is 4.38. The molecule has 1 atom stereocenters. The fraction of sp³-hybridized carbons (Fsp3) is 0.316. The van der Waals surface area contributed by atoms with Gasteiger partial charge in [-0.3, -0.25) is 4.79 Å². The van der Waals surface area contributed by atoms with Gasteiger partial charge in [-0.1, -0.05) is 44.2 Å². The molecule has 0 aliphatic carbocycles. The zero-order chi connectivity index (χ0) is 19.2. The molecule has 0 bridgehead atoms. The number of rotatable bonds is 7. The van der Waals surface area contributed by atoms with Gasteiger partial charge in [0.1, 0.15) is 11.8 Å². The van der Waals surface area contributed by atoms with Gasteiger partial charge in [-0.2, -0.15) is 0 Å². The highest BCUT2D eigenvalue weighted by Crippen LogP contribution is 2.24. The van der Waals surface area contributed by atoms with E-state index in [0.29, 0.717) is 11.6 Å². The second kappa shape index (κ2) is 8.71. The van der Waals surface area contributed by atoms with Gasteiger partial charge in [0.2, 0.25) is 0 Å². The van der Waals surface area contributed by atoms with Crippen molar-refractivity contribution >= 4 is 11.6 Å². The van der Waals surface area contributed by atoms with Crippen LogP contribution in [0.2, 0.25) is 0 Å². The number of alkyl halides is 3. The maximum absolute atomic E-state index is 12.1. The number of carbonyl (C=O) groups excluding carboxylic acids is 1. The molecule has 26 heavy (non-hydrogen) atoms. The average Bonchev–Trinajstić information content (AvgIpc) is 2.56. The quantitative estimate of drug-likeness (QED) is 0.787. The lowest BCUT2D eigenvalue weighted by molar-refractivity contribution is -0.692. The number of benzene rings is 2. The zero-order valence-corrected chi connectivity index (χ0v) is 14.6. The van der Waals surface area contributed by atoms with E-state index in [2.05, 4.69) is 23.9 Å². The van der Waals surface area contributed by atoms with Gasteiger partial charge in [0.15, 0.2) is 6.54 Å². The molecule has 1 amide bonds. The largest absolute Gasteiger partial charge is 0.573 e.